The van der Waals surface area contributed by atoms with E-state index in [-0.39, 0.29) is 5.92 Å². The van der Waals surface area contributed by atoms with E-state index in [9.17, 15) is 5.11 Å². The number of hydrogen-bond donors (Lipinski definition) is 1. The van der Waals surface area contributed by atoms with Crippen LogP contribution in [0.2, 0.25) is 0 Å². The molecule has 0 fully saturated rings. The van der Waals surface area contributed by atoms with E-state index in [1.807, 2.05) is 57.2 Å². The Bertz CT molecular complexity index is 525. The average Bonchev–Trinajstić information content (AvgIpc) is 2.38. The highest BCUT2D eigenvalue weighted by atomic mass is 16.3. The van der Waals surface area contributed by atoms with Gasteiger partial charge < -0.3 is 5.11 Å². The summed E-state index contributed by atoms with van der Waals surface area (Å²) in [5, 5.41) is 11.0. The molecule has 94 valence electrons. The Balaban J connectivity index is 2.58. The van der Waals surface area contributed by atoms with Crippen LogP contribution in [0.25, 0.3) is 0 Å². The van der Waals surface area contributed by atoms with Crippen LogP contribution in [0.1, 0.15) is 30.9 Å². The molecular formula is C15H18N2O. The second-order valence-corrected chi connectivity index (χ2v) is 4.80. The van der Waals surface area contributed by atoms with Crippen LogP contribution in [0.3, 0.4) is 0 Å². The van der Waals surface area contributed by atoms with E-state index in [2.05, 4.69) is 9.97 Å². The number of pyridine rings is 2. The van der Waals surface area contributed by atoms with Gasteiger partial charge in [-0.25, -0.2) is 0 Å². The maximum Gasteiger partial charge on any atom is 0.150 e. The van der Waals surface area contributed by atoms with Crippen LogP contribution in [0.5, 0.6) is 0 Å². The number of nitrogens with zero attached hydrogens (tertiary/aromatic N) is 2. The zero-order chi connectivity index (χ0) is 13.2. The Morgan fingerprint density at radius 2 is 1.78 bits per heavy atom. The molecule has 0 radical (unpaired) electrons. The van der Waals surface area contributed by atoms with Crippen molar-refractivity contribution in [3.63, 3.8) is 0 Å². The van der Waals surface area contributed by atoms with Crippen molar-refractivity contribution < 1.29 is 5.11 Å². The van der Waals surface area contributed by atoms with Crippen LogP contribution in [0, 0.1) is 12.8 Å². The minimum atomic E-state index is -1.15. The molecule has 0 saturated carbocycles. The van der Waals surface area contributed by atoms with Crippen molar-refractivity contribution in [3.05, 3.63) is 59.7 Å². The highest BCUT2D eigenvalue weighted by molar-refractivity contribution is 5.28. The van der Waals surface area contributed by atoms with Crippen molar-refractivity contribution in [1.29, 1.82) is 0 Å². The largest absolute Gasteiger partial charge is 0.377 e. The van der Waals surface area contributed by atoms with E-state index in [0.29, 0.717) is 11.4 Å². The Hall–Kier alpha value is -1.74. The van der Waals surface area contributed by atoms with Gasteiger partial charge in [0.25, 0.3) is 0 Å². The van der Waals surface area contributed by atoms with Crippen LogP contribution in [-0.4, -0.2) is 15.1 Å². The zero-order valence-electron chi connectivity index (χ0n) is 11.0. The minimum absolute atomic E-state index is 0.0123. The second kappa shape index (κ2) is 4.86. The smallest absolute Gasteiger partial charge is 0.150 e. The highest BCUT2D eigenvalue weighted by Crippen LogP contribution is 2.34. The Morgan fingerprint density at radius 3 is 2.33 bits per heavy atom. The lowest BCUT2D eigenvalue weighted by Crippen LogP contribution is -2.35. The fourth-order valence-corrected chi connectivity index (χ4v) is 2.07. The van der Waals surface area contributed by atoms with Crippen LogP contribution >= 0.6 is 0 Å². The molecule has 18 heavy (non-hydrogen) atoms. The van der Waals surface area contributed by atoms with Gasteiger partial charge in [0.1, 0.15) is 0 Å². The monoisotopic (exact) mass is 242 g/mol. The molecule has 2 aromatic heterocycles. The molecule has 2 aromatic rings. The van der Waals surface area contributed by atoms with E-state index in [1.54, 1.807) is 6.20 Å². The first-order valence-electron chi connectivity index (χ1n) is 6.13. The van der Waals surface area contributed by atoms with Gasteiger partial charge in [-0.2, -0.15) is 0 Å². The van der Waals surface area contributed by atoms with Crippen molar-refractivity contribution in [3.8, 4) is 0 Å². The van der Waals surface area contributed by atoms with Gasteiger partial charge in [0.15, 0.2) is 5.60 Å². The lowest BCUT2D eigenvalue weighted by atomic mass is 9.83. The summed E-state index contributed by atoms with van der Waals surface area (Å²) < 4.78 is 0. The van der Waals surface area contributed by atoms with E-state index in [1.165, 1.54) is 0 Å². The molecule has 0 aromatic carbocycles. The van der Waals surface area contributed by atoms with Crippen molar-refractivity contribution in [2.24, 2.45) is 5.92 Å². The molecule has 0 amide bonds. The second-order valence-electron chi connectivity index (χ2n) is 4.80. The van der Waals surface area contributed by atoms with Crippen molar-refractivity contribution in [2.75, 3.05) is 0 Å². The van der Waals surface area contributed by atoms with E-state index in [4.69, 9.17) is 0 Å². The molecule has 0 aliphatic rings. The summed E-state index contributed by atoms with van der Waals surface area (Å²) in [6.07, 6.45) is 1.69. The van der Waals surface area contributed by atoms with Crippen LogP contribution in [0.4, 0.5) is 0 Å². The van der Waals surface area contributed by atoms with Gasteiger partial charge >= 0.3 is 0 Å². The minimum Gasteiger partial charge on any atom is -0.377 e. The fourth-order valence-electron chi connectivity index (χ4n) is 2.07. The van der Waals surface area contributed by atoms with Crippen LogP contribution in [0.15, 0.2) is 42.6 Å². The Labute approximate surface area is 108 Å². The third-order valence-electron chi connectivity index (χ3n) is 3.17. The van der Waals surface area contributed by atoms with Crippen molar-refractivity contribution in [1.82, 2.24) is 9.97 Å². The standard InChI is InChI=1S/C15H18N2O/c1-11(2)15(18,13-8-4-5-10-16-13)14-9-6-7-12(3)17-14/h4-11,18H,1-3H3. The molecule has 0 aliphatic carbocycles. The maximum absolute atomic E-state index is 11.0. The normalized spacial score (nSPS) is 14.5. The molecule has 0 spiro atoms. The summed E-state index contributed by atoms with van der Waals surface area (Å²) >= 11 is 0. The third-order valence-corrected chi connectivity index (χ3v) is 3.17. The van der Waals surface area contributed by atoms with Crippen LogP contribution < -0.4 is 0 Å². The van der Waals surface area contributed by atoms with Crippen molar-refractivity contribution >= 4 is 0 Å². The fraction of sp³-hybridized carbons (Fsp3) is 0.333. The lowest BCUT2D eigenvalue weighted by molar-refractivity contribution is 0.0232. The summed E-state index contributed by atoms with van der Waals surface area (Å²) in [5.41, 5.74) is 1.03. The topological polar surface area (TPSA) is 46.0 Å². The summed E-state index contributed by atoms with van der Waals surface area (Å²) in [6, 6.07) is 11.2. The number of hydrogen-bond acceptors (Lipinski definition) is 3. The predicted molar refractivity (Wildman–Crippen MR) is 71.0 cm³/mol. The van der Waals surface area contributed by atoms with E-state index in [0.717, 1.165) is 5.69 Å². The Kier molecular flexibility index (Phi) is 3.43. The molecular weight excluding hydrogens is 224 g/mol. The van der Waals surface area contributed by atoms with Gasteiger partial charge in [0.2, 0.25) is 0 Å². The highest BCUT2D eigenvalue weighted by Gasteiger charge is 2.37. The summed E-state index contributed by atoms with van der Waals surface area (Å²) in [5.74, 6) is -0.0123. The number of rotatable bonds is 3. The molecule has 0 aliphatic heterocycles. The molecule has 0 saturated heterocycles. The van der Waals surface area contributed by atoms with Gasteiger partial charge in [0.05, 0.1) is 11.4 Å². The van der Waals surface area contributed by atoms with Crippen LogP contribution in [-0.2, 0) is 5.60 Å². The third kappa shape index (κ3) is 2.14. The van der Waals surface area contributed by atoms with Gasteiger partial charge in [-0.1, -0.05) is 26.0 Å². The SMILES string of the molecule is Cc1cccc(C(O)(c2ccccn2)C(C)C)n1. The molecule has 1 N–H and O–H groups in total. The molecule has 3 heteroatoms. The van der Waals surface area contributed by atoms with Gasteiger partial charge in [0, 0.05) is 11.9 Å². The molecule has 2 heterocycles. The number of aliphatic hydroxyl groups is 1. The average molecular weight is 242 g/mol. The van der Waals surface area contributed by atoms with Gasteiger partial charge in [-0.15, -0.1) is 0 Å². The summed E-state index contributed by atoms with van der Waals surface area (Å²) in [4.78, 5) is 8.74. The van der Waals surface area contributed by atoms with E-state index >= 15 is 0 Å². The Morgan fingerprint density at radius 1 is 1.06 bits per heavy atom. The first-order valence-corrected chi connectivity index (χ1v) is 6.13. The molecule has 1 atom stereocenters. The van der Waals surface area contributed by atoms with Gasteiger partial charge in [-0.3, -0.25) is 9.97 Å². The first-order chi connectivity index (χ1) is 8.55. The molecule has 2 rings (SSSR count). The van der Waals surface area contributed by atoms with Gasteiger partial charge in [-0.05, 0) is 37.1 Å². The molecule has 1 unspecified atom stereocenters. The zero-order valence-corrected chi connectivity index (χ0v) is 11.0. The number of aryl methyl sites for hydroxylation is 1. The molecule has 0 bridgehead atoms. The first kappa shape index (κ1) is 12.7. The summed E-state index contributed by atoms with van der Waals surface area (Å²) in [6.45, 7) is 5.86. The predicted octanol–water partition coefficient (Wildman–Crippen LogP) is 2.68. The van der Waals surface area contributed by atoms with Crippen molar-refractivity contribution in [2.45, 2.75) is 26.4 Å². The quantitative estimate of drug-likeness (QED) is 0.900. The maximum atomic E-state index is 11.0. The number of aromatic nitrogens is 2. The lowest BCUT2D eigenvalue weighted by Gasteiger charge is -2.31. The molecule has 3 nitrogen and oxygen atoms in total. The summed E-state index contributed by atoms with van der Waals surface area (Å²) in [7, 11) is 0. The van der Waals surface area contributed by atoms with E-state index < -0.39 is 5.60 Å².